The topological polar surface area (TPSA) is 49.3 Å². The van der Waals surface area contributed by atoms with E-state index in [2.05, 4.69) is 39.3 Å². The molecule has 21 heavy (non-hydrogen) atoms. The highest BCUT2D eigenvalue weighted by atomic mass is 32.1. The Kier molecular flexibility index (Phi) is 4.26. The van der Waals surface area contributed by atoms with Crippen LogP contribution in [0.15, 0.2) is 36.1 Å². The van der Waals surface area contributed by atoms with Crippen LogP contribution in [0.5, 0.6) is 0 Å². The molecule has 1 fully saturated rings. The van der Waals surface area contributed by atoms with Crippen LogP contribution in [0.4, 0.5) is 0 Å². The molecule has 1 atom stereocenters. The highest BCUT2D eigenvalue weighted by Crippen LogP contribution is 2.25. The van der Waals surface area contributed by atoms with Crippen LogP contribution in [-0.2, 0) is 0 Å². The van der Waals surface area contributed by atoms with Gasteiger partial charge in [-0.05, 0) is 18.4 Å². The fourth-order valence-corrected chi connectivity index (χ4v) is 3.41. The maximum atomic E-state index is 12.3. The van der Waals surface area contributed by atoms with Gasteiger partial charge in [0, 0.05) is 49.5 Å². The van der Waals surface area contributed by atoms with Crippen molar-refractivity contribution in [2.75, 3.05) is 26.2 Å². The van der Waals surface area contributed by atoms with E-state index in [1.807, 2.05) is 4.90 Å². The number of hydrogen-bond acceptors (Lipinski definition) is 5. The van der Waals surface area contributed by atoms with Crippen molar-refractivity contribution in [1.82, 2.24) is 19.8 Å². The molecular formula is C15H18N4OS. The van der Waals surface area contributed by atoms with Crippen LogP contribution in [0.3, 0.4) is 0 Å². The molecule has 0 bridgehead atoms. The van der Waals surface area contributed by atoms with E-state index in [0.29, 0.717) is 11.7 Å². The molecule has 3 heterocycles. The zero-order valence-corrected chi connectivity index (χ0v) is 12.8. The maximum Gasteiger partial charge on any atom is 0.274 e. The molecule has 0 aliphatic carbocycles. The van der Waals surface area contributed by atoms with Gasteiger partial charge in [-0.1, -0.05) is 6.07 Å². The van der Waals surface area contributed by atoms with Gasteiger partial charge in [0.25, 0.3) is 5.91 Å². The second kappa shape index (κ2) is 6.32. The molecule has 2 aromatic rings. The van der Waals surface area contributed by atoms with E-state index in [9.17, 15) is 4.79 Å². The molecule has 0 radical (unpaired) electrons. The number of carbonyl (C=O) groups is 1. The summed E-state index contributed by atoms with van der Waals surface area (Å²) in [4.78, 5) is 26.0. The van der Waals surface area contributed by atoms with E-state index < -0.39 is 0 Å². The average Bonchev–Trinajstić information content (AvgIpc) is 3.09. The first-order chi connectivity index (χ1) is 10.3. The number of thiophene rings is 1. The van der Waals surface area contributed by atoms with Gasteiger partial charge in [-0.25, -0.2) is 4.98 Å². The monoisotopic (exact) mass is 302 g/mol. The van der Waals surface area contributed by atoms with Crippen molar-refractivity contribution in [2.45, 2.75) is 13.0 Å². The van der Waals surface area contributed by atoms with Crippen LogP contribution in [-0.4, -0.2) is 51.9 Å². The first-order valence-corrected chi connectivity index (χ1v) is 7.96. The van der Waals surface area contributed by atoms with Gasteiger partial charge in [0.15, 0.2) is 0 Å². The van der Waals surface area contributed by atoms with Gasteiger partial charge in [0.1, 0.15) is 5.69 Å². The van der Waals surface area contributed by atoms with Gasteiger partial charge in [0.05, 0.1) is 6.20 Å². The molecule has 1 saturated heterocycles. The zero-order chi connectivity index (χ0) is 14.7. The van der Waals surface area contributed by atoms with Gasteiger partial charge in [-0.3, -0.25) is 14.7 Å². The largest absolute Gasteiger partial charge is 0.335 e. The summed E-state index contributed by atoms with van der Waals surface area (Å²) in [6.45, 7) is 5.50. The van der Waals surface area contributed by atoms with Gasteiger partial charge >= 0.3 is 0 Å². The Hall–Kier alpha value is -1.79. The Morgan fingerprint density at radius 1 is 1.29 bits per heavy atom. The second-order valence-electron chi connectivity index (χ2n) is 5.11. The normalized spacial score (nSPS) is 17.7. The Morgan fingerprint density at radius 3 is 2.71 bits per heavy atom. The smallest absolute Gasteiger partial charge is 0.274 e. The standard InChI is InChI=1S/C15H18N4OS/c1-12(14-3-2-10-21-14)18-6-8-19(9-7-18)15(20)13-11-16-4-5-17-13/h2-5,10-12H,6-9H2,1H3. The van der Waals surface area contributed by atoms with Gasteiger partial charge < -0.3 is 4.90 Å². The molecule has 0 aromatic carbocycles. The average molecular weight is 302 g/mol. The van der Waals surface area contributed by atoms with E-state index in [0.717, 1.165) is 26.2 Å². The quantitative estimate of drug-likeness (QED) is 0.871. The summed E-state index contributed by atoms with van der Waals surface area (Å²) in [7, 11) is 0. The van der Waals surface area contributed by atoms with Gasteiger partial charge in [0.2, 0.25) is 0 Å². The lowest BCUT2D eigenvalue weighted by Gasteiger charge is -2.37. The molecular weight excluding hydrogens is 284 g/mol. The third-order valence-electron chi connectivity index (χ3n) is 3.89. The zero-order valence-electron chi connectivity index (χ0n) is 12.0. The summed E-state index contributed by atoms with van der Waals surface area (Å²) in [6.07, 6.45) is 4.67. The Labute approximate surface area is 128 Å². The minimum absolute atomic E-state index is 0.0217. The molecule has 6 heteroatoms. The lowest BCUT2D eigenvalue weighted by atomic mass is 10.2. The molecule has 1 amide bonds. The Bertz CT molecular complexity index is 579. The lowest BCUT2D eigenvalue weighted by Crippen LogP contribution is -2.49. The fraction of sp³-hybridized carbons (Fsp3) is 0.400. The van der Waals surface area contributed by atoms with Crippen molar-refractivity contribution >= 4 is 17.2 Å². The van der Waals surface area contributed by atoms with Crippen LogP contribution in [0.2, 0.25) is 0 Å². The van der Waals surface area contributed by atoms with Crippen molar-refractivity contribution in [3.63, 3.8) is 0 Å². The summed E-state index contributed by atoms with van der Waals surface area (Å²) in [6, 6.07) is 4.68. The molecule has 0 spiro atoms. The van der Waals surface area contributed by atoms with Crippen molar-refractivity contribution in [3.8, 4) is 0 Å². The van der Waals surface area contributed by atoms with E-state index in [1.165, 1.54) is 11.1 Å². The van der Waals surface area contributed by atoms with Crippen LogP contribution in [0.25, 0.3) is 0 Å². The third-order valence-corrected chi connectivity index (χ3v) is 4.93. The molecule has 1 aliphatic heterocycles. The first-order valence-electron chi connectivity index (χ1n) is 7.08. The Morgan fingerprint density at radius 2 is 2.10 bits per heavy atom. The van der Waals surface area contributed by atoms with Gasteiger partial charge in [-0.15, -0.1) is 11.3 Å². The highest BCUT2D eigenvalue weighted by molar-refractivity contribution is 7.10. The second-order valence-corrected chi connectivity index (χ2v) is 6.09. The number of carbonyl (C=O) groups excluding carboxylic acids is 1. The highest BCUT2D eigenvalue weighted by Gasteiger charge is 2.26. The predicted molar refractivity (Wildman–Crippen MR) is 82.2 cm³/mol. The number of amides is 1. The van der Waals surface area contributed by atoms with Crippen molar-refractivity contribution in [3.05, 3.63) is 46.7 Å². The summed E-state index contributed by atoms with van der Waals surface area (Å²) in [5.41, 5.74) is 0.428. The van der Waals surface area contributed by atoms with E-state index in [-0.39, 0.29) is 5.91 Å². The maximum absolute atomic E-state index is 12.3. The van der Waals surface area contributed by atoms with Crippen LogP contribution < -0.4 is 0 Å². The molecule has 0 saturated carbocycles. The molecule has 3 rings (SSSR count). The molecule has 2 aromatic heterocycles. The third kappa shape index (κ3) is 3.11. The summed E-state index contributed by atoms with van der Waals surface area (Å²) >= 11 is 1.79. The van der Waals surface area contributed by atoms with E-state index in [4.69, 9.17) is 0 Å². The SMILES string of the molecule is CC(c1cccs1)N1CCN(C(=O)c2cnccn2)CC1. The predicted octanol–water partition coefficient (Wildman–Crippen LogP) is 2.06. The van der Waals surface area contributed by atoms with Crippen molar-refractivity contribution in [1.29, 1.82) is 0 Å². The minimum atomic E-state index is -0.0217. The summed E-state index contributed by atoms with van der Waals surface area (Å²) in [5.74, 6) is -0.0217. The first kappa shape index (κ1) is 14.2. The number of piperazine rings is 1. The van der Waals surface area contributed by atoms with Crippen molar-refractivity contribution < 1.29 is 4.79 Å². The van der Waals surface area contributed by atoms with E-state index in [1.54, 1.807) is 23.7 Å². The lowest BCUT2D eigenvalue weighted by molar-refractivity contribution is 0.0578. The number of hydrogen-bond donors (Lipinski definition) is 0. The molecule has 5 nitrogen and oxygen atoms in total. The molecule has 0 N–H and O–H groups in total. The number of rotatable bonds is 3. The Balaban J connectivity index is 1.59. The number of aromatic nitrogens is 2. The van der Waals surface area contributed by atoms with Gasteiger partial charge in [-0.2, -0.15) is 0 Å². The fourth-order valence-electron chi connectivity index (χ4n) is 2.59. The van der Waals surface area contributed by atoms with Crippen LogP contribution in [0, 0.1) is 0 Å². The van der Waals surface area contributed by atoms with E-state index >= 15 is 0 Å². The van der Waals surface area contributed by atoms with Crippen LogP contribution in [0.1, 0.15) is 28.3 Å². The summed E-state index contributed by atoms with van der Waals surface area (Å²) < 4.78 is 0. The molecule has 1 unspecified atom stereocenters. The minimum Gasteiger partial charge on any atom is -0.335 e. The summed E-state index contributed by atoms with van der Waals surface area (Å²) in [5, 5.41) is 2.11. The van der Waals surface area contributed by atoms with Crippen LogP contribution >= 0.6 is 11.3 Å². The van der Waals surface area contributed by atoms with Crippen molar-refractivity contribution in [2.24, 2.45) is 0 Å². The molecule has 1 aliphatic rings. The number of nitrogens with zero attached hydrogens (tertiary/aromatic N) is 4. The molecule has 110 valence electrons.